The van der Waals surface area contributed by atoms with Crippen molar-refractivity contribution in [1.29, 1.82) is 0 Å². The van der Waals surface area contributed by atoms with Crippen molar-refractivity contribution < 1.29 is 4.79 Å². The molecule has 7 heteroatoms. The number of carbonyl (C=O) groups excluding carboxylic acids is 1. The van der Waals surface area contributed by atoms with E-state index in [1.165, 1.54) is 0 Å². The van der Waals surface area contributed by atoms with Crippen LogP contribution in [0, 0.1) is 0 Å². The molecule has 1 aromatic carbocycles. The maximum atomic E-state index is 12.8. The summed E-state index contributed by atoms with van der Waals surface area (Å²) in [5.41, 5.74) is 2.29. The highest BCUT2D eigenvalue weighted by Gasteiger charge is 2.21. The number of piperazine rings is 1. The van der Waals surface area contributed by atoms with Crippen LogP contribution in [0.5, 0.6) is 0 Å². The van der Waals surface area contributed by atoms with Crippen molar-refractivity contribution in [2.75, 3.05) is 47.9 Å². The van der Waals surface area contributed by atoms with Crippen LogP contribution in [-0.2, 0) is 0 Å². The van der Waals surface area contributed by atoms with Gasteiger partial charge in [-0.1, -0.05) is 18.2 Å². The van der Waals surface area contributed by atoms with E-state index in [4.69, 9.17) is 0 Å². The molecule has 3 heterocycles. The van der Waals surface area contributed by atoms with Crippen molar-refractivity contribution >= 4 is 23.2 Å². The van der Waals surface area contributed by atoms with Crippen LogP contribution < -0.4 is 14.7 Å². The van der Waals surface area contributed by atoms with Crippen LogP contribution in [-0.4, -0.2) is 54.1 Å². The summed E-state index contributed by atoms with van der Waals surface area (Å²) in [6.07, 6.45) is 5.23. The molecule has 28 heavy (non-hydrogen) atoms. The third kappa shape index (κ3) is 3.78. The summed E-state index contributed by atoms with van der Waals surface area (Å²) in [7, 11) is 1.77. The Morgan fingerprint density at radius 3 is 2.25 bits per heavy atom. The van der Waals surface area contributed by atoms with E-state index in [2.05, 4.69) is 24.8 Å². The van der Waals surface area contributed by atoms with Gasteiger partial charge in [-0.25, -0.2) is 9.97 Å². The Kier molecular flexibility index (Phi) is 5.14. The monoisotopic (exact) mass is 374 g/mol. The van der Waals surface area contributed by atoms with Crippen molar-refractivity contribution in [3.63, 3.8) is 0 Å². The van der Waals surface area contributed by atoms with E-state index in [9.17, 15) is 4.79 Å². The Balaban J connectivity index is 1.45. The normalized spacial score (nSPS) is 14.0. The molecule has 1 amide bonds. The fourth-order valence-electron chi connectivity index (χ4n) is 3.29. The van der Waals surface area contributed by atoms with Gasteiger partial charge in [-0.2, -0.15) is 0 Å². The van der Waals surface area contributed by atoms with E-state index in [1.807, 2.05) is 48.5 Å². The first-order chi connectivity index (χ1) is 13.7. The van der Waals surface area contributed by atoms with Crippen LogP contribution in [0.4, 0.5) is 17.3 Å². The van der Waals surface area contributed by atoms with Crippen LogP contribution in [0.2, 0.25) is 0 Å². The van der Waals surface area contributed by atoms with Gasteiger partial charge in [0.2, 0.25) is 5.95 Å². The highest BCUT2D eigenvalue weighted by atomic mass is 16.2. The SMILES string of the molecule is CN(C(=O)c1cc(N2CCN(c3ncccn3)CC2)ccn1)c1ccccc1. The molecule has 1 aliphatic heterocycles. The van der Waals surface area contributed by atoms with Gasteiger partial charge in [-0.3, -0.25) is 9.78 Å². The third-order valence-electron chi connectivity index (χ3n) is 4.89. The van der Waals surface area contributed by atoms with Crippen molar-refractivity contribution in [3.05, 3.63) is 72.8 Å². The molecular weight excluding hydrogens is 352 g/mol. The number of pyridine rings is 1. The molecule has 0 saturated carbocycles. The molecular formula is C21H22N6O. The Labute approximate surface area is 164 Å². The lowest BCUT2D eigenvalue weighted by Crippen LogP contribution is -2.47. The molecule has 0 atom stereocenters. The van der Waals surface area contributed by atoms with Gasteiger partial charge in [0, 0.05) is 63.2 Å². The molecule has 142 valence electrons. The maximum absolute atomic E-state index is 12.8. The average molecular weight is 374 g/mol. The van der Waals surface area contributed by atoms with Crippen LogP contribution in [0.3, 0.4) is 0 Å². The molecule has 0 radical (unpaired) electrons. The van der Waals surface area contributed by atoms with E-state index in [1.54, 1.807) is 30.5 Å². The molecule has 1 fully saturated rings. The van der Waals surface area contributed by atoms with E-state index >= 15 is 0 Å². The lowest BCUT2D eigenvalue weighted by Gasteiger charge is -2.36. The number of rotatable bonds is 4. The van der Waals surface area contributed by atoms with Gasteiger partial charge in [-0.05, 0) is 30.3 Å². The predicted octanol–water partition coefficient (Wildman–Crippen LogP) is 2.47. The van der Waals surface area contributed by atoms with Gasteiger partial charge < -0.3 is 14.7 Å². The van der Waals surface area contributed by atoms with Crippen molar-refractivity contribution in [1.82, 2.24) is 15.0 Å². The van der Waals surface area contributed by atoms with Gasteiger partial charge in [-0.15, -0.1) is 0 Å². The zero-order chi connectivity index (χ0) is 19.3. The van der Waals surface area contributed by atoms with E-state index in [0.29, 0.717) is 5.69 Å². The fraction of sp³-hybridized carbons (Fsp3) is 0.238. The largest absolute Gasteiger partial charge is 0.368 e. The second-order valence-corrected chi connectivity index (χ2v) is 6.62. The summed E-state index contributed by atoms with van der Waals surface area (Å²) in [6, 6.07) is 15.2. The van der Waals surface area contributed by atoms with E-state index < -0.39 is 0 Å². The summed E-state index contributed by atoms with van der Waals surface area (Å²) in [5.74, 6) is 0.640. The highest BCUT2D eigenvalue weighted by molar-refractivity contribution is 6.04. The summed E-state index contributed by atoms with van der Waals surface area (Å²) < 4.78 is 0. The van der Waals surface area contributed by atoms with Crippen LogP contribution in [0.15, 0.2) is 67.1 Å². The lowest BCUT2D eigenvalue weighted by atomic mass is 10.2. The molecule has 3 aromatic rings. The number of nitrogens with zero attached hydrogens (tertiary/aromatic N) is 6. The first kappa shape index (κ1) is 17.9. The number of hydrogen-bond acceptors (Lipinski definition) is 6. The zero-order valence-corrected chi connectivity index (χ0v) is 15.8. The van der Waals surface area contributed by atoms with Crippen LogP contribution >= 0.6 is 0 Å². The van der Waals surface area contributed by atoms with E-state index in [0.717, 1.165) is 43.5 Å². The minimum Gasteiger partial charge on any atom is -0.368 e. The predicted molar refractivity (Wildman–Crippen MR) is 110 cm³/mol. The second-order valence-electron chi connectivity index (χ2n) is 6.62. The van der Waals surface area contributed by atoms with Gasteiger partial charge in [0.25, 0.3) is 5.91 Å². The molecule has 0 unspecified atom stereocenters. The Bertz CT molecular complexity index is 926. The van der Waals surface area contributed by atoms with Crippen molar-refractivity contribution in [2.24, 2.45) is 0 Å². The fourth-order valence-corrected chi connectivity index (χ4v) is 3.29. The molecule has 1 saturated heterocycles. The number of carbonyl (C=O) groups is 1. The third-order valence-corrected chi connectivity index (χ3v) is 4.89. The maximum Gasteiger partial charge on any atom is 0.276 e. The number of benzene rings is 1. The number of hydrogen-bond donors (Lipinski definition) is 0. The first-order valence-electron chi connectivity index (χ1n) is 9.28. The molecule has 2 aromatic heterocycles. The Morgan fingerprint density at radius 2 is 1.54 bits per heavy atom. The summed E-state index contributed by atoms with van der Waals surface area (Å²) in [5, 5.41) is 0. The standard InChI is InChI=1S/C21H22N6O/c1-25(17-6-3-2-4-7-17)20(28)19-16-18(8-11-22-19)26-12-14-27(15-13-26)21-23-9-5-10-24-21/h2-11,16H,12-15H2,1H3. The Hall–Kier alpha value is -3.48. The summed E-state index contributed by atoms with van der Waals surface area (Å²) >= 11 is 0. The minimum atomic E-state index is -0.121. The molecule has 7 nitrogen and oxygen atoms in total. The number of anilines is 3. The summed E-state index contributed by atoms with van der Waals surface area (Å²) in [6.45, 7) is 3.34. The zero-order valence-electron chi connectivity index (χ0n) is 15.8. The van der Waals surface area contributed by atoms with Gasteiger partial charge in [0.05, 0.1) is 0 Å². The summed E-state index contributed by atoms with van der Waals surface area (Å²) in [4.78, 5) is 31.8. The topological polar surface area (TPSA) is 65.5 Å². The number of amides is 1. The van der Waals surface area contributed by atoms with E-state index in [-0.39, 0.29) is 5.91 Å². The minimum absolute atomic E-state index is 0.121. The second kappa shape index (κ2) is 8.04. The van der Waals surface area contributed by atoms with Crippen LogP contribution in [0.1, 0.15) is 10.5 Å². The molecule has 0 N–H and O–H groups in total. The van der Waals surface area contributed by atoms with Gasteiger partial charge >= 0.3 is 0 Å². The Morgan fingerprint density at radius 1 is 0.857 bits per heavy atom. The quantitative estimate of drug-likeness (QED) is 0.699. The highest BCUT2D eigenvalue weighted by Crippen LogP contribution is 2.20. The molecule has 0 aliphatic carbocycles. The number of aromatic nitrogens is 3. The molecule has 0 bridgehead atoms. The van der Waals surface area contributed by atoms with Gasteiger partial charge in [0.15, 0.2) is 0 Å². The molecule has 1 aliphatic rings. The average Bonchev–Trinajstić information content (AvgIpc) is 2.79. The van der Waals surface area contributed by atoms with Gasteiger partial charge in [0.1, 0.15) is 5.69 Å². The van der Waals surface area contributed by atoms with Crippen molar-refractivity contribution in [2.45, 2.75) is 0 Å². The number of para-hydroxylation sites is 1. The smallest absolute Gasteiger partial charge is 0.276 e. The lowest BCUT2D eigenvalue weighted by molar-refractivity contribution is 0.0988. The molecule has 4 rings (SSSR count). The first-order valence-corrected chi connectivity index (χ1v) is 9.28. The van der Waals surface area contributed by atoms with Crippen LogP contribution in [0.25, 0.3) is 0 Å². The molecule has 0 spiro atoms. The van der Waals surface area contributed by atoms with Crippen molar-refractivity contribution in [3.8, 4) is 0 Å².